The molecule has 0 aliphatic carbocycles. The Morgan fingerprint density at radius 3 is 2.35 bits per heavy atom. The third kappa shape index (κ3) is 4.23. The van der Waals surface area contributed by atoms with Crippen molar-refractivity contribution < 1.29 is 9.59 Å². The first-order valence-electron chi connectivity index (χ1n) is 9.01. The van der Waals surface area contributed by atoms with E-state index in [9.17, 15) is 9.59 Å². The van der Waals surface area contributed by atoms with Crippen LogP contribution >= 0.6 is 0 Å². The summed E-state index contributed by atoms with van der Waals surface area (Å²) < 4.78 is 0. The van der Waals surface area contributed by atoms with E-state index >= 15 is 0 Å². The zero-order valence-corrected chi connectivity index (χ0v) is 15.3. The maximum atomic E-state index is 12.8. The van der Waals surface area contributed by atoms with E-state index in [2.05, 4.69) is 5.32 Å². The lowest BCUT2D eigenvalue weighted by molar-refractivity contribution is -0.117. The first kappa shape index (κ1) is 18.0. The van der Waals surface area contributed by atoms with Gasteiger partial charge in [-0.1, -0.05) is 48.5 Å². The van der Waals surface area contributed by atoms with Gasteiger partial charge in [-0.2, -0.15) is 0 Å². The maximum absolute atomic E-state index is 12.8. The fraction of sp³-hybridized carbons (Fsp3) is 0.333. The van der Waals surface area contributed by atoms with Crippen LogP contribution in [0.1, 0.15) is 25.8 Å². The summed E-state index contributed by atoms with van der Waals surface area (Å²) in [6.07, 6.45) is 0.331. The molecule has 3 rings (SSSR count). The van der Waals surface area contributed by atoms with Gasteiger partial charge in [0.2, 0.25) is 5.91 Å². The van der Waals surface area contributed by atoms with Crippen molar-refractivity contribution in [3.63, 3.8) is 0 Å². The van der Waals surface area contributed by atoms with Crippen molar-refractivity contribution in [3.05, 3.63) is 66.2 Å². The highest BCUT2D eigenvalue weighted by Crippen LogP contribution is 2.21. The molecule has 1 saturated heterocycles. The van der Waals surface area contributed by atoms with Crippen molar-refractivity contribution in [1.29, 1.82) is 0 Å². The van der Waals surface area contributed by atoms with Gasteiger partial charge in [-0.3, -0.25) is 4.79 Å². The van der Waals surface area contributed by atoms with E-state index in [1.165, 1.54) is 0 Å². The number of para-hydroxylation sites is 1. The molecule has 0 aromatic heterocycles. The van der Waals surface area contributed by atoms with Crippen LogP contribution in [0.5, 0.6) is 0 Å². The molecule has 1 aliphatic heterocycles. The van der Waals surface area contributed by atoms with Crippen molar-refractivity contribution >= 4 is 17.6 Å². The highest BCUT2D eigenvalue weighted by molar-refractivity contribution is 5.96. The van der Waals surface area contributed by atoms with Crippen molar-refractivity contribution in [3.8, 4) is 0 Å². The molecule has 26 heavy (non-hydrogen) atoms. The Morgan fingerprint density at radius 2 is 1.73 bits per heavy atom. The minimum atomic E-state index is -0.174. The molecule has 2 aromatic rings. The van der Waals surface area contributed by atoms with Crippen molar-refractivity contribution in [2.45, 2.75) is 38.9 Å². The molecule has 1 atom stereocenters. The van der Waals surface area contributed by atoms with E-state index in [0.717, 1.165) is 11.3 Å². The lowest BCUT2D eigenvalue weighted by Gasteiger charge is -2.28. The number of carbonyl (C=O) groups is 2. The molecular formula is C21H25N3O2. The zero-order chi connectivity index (χ0) is 18.5. The van der Waals surface area contributed by atoms with Gasteiger partial charge < -0.3 is 15.1 Å². The lowest BCUT2D eigenvalue weighted by atomic mass is 10.2. The number of nitrogens with zero attached hydrogens (tertiary/aromatic N) is 2. The third-order valence-corrected chi connectivity index (χ3v) is 4.60. The molecule has 3 amide bonds. The molecule has 0 radical (unpaired) electrons. The Kier molecular flexibility index (Phi) is 5.56. The topological polar surface area (TPSA) is 52.7 Å². The third-order valence-electron chi connectivity index (χ3n) is 4.60. The van der Waals surface area contributed by atoms with Crippen LogP contribution in [0.15, 0.2) is 60.7 Å². The van der Waals surface area contributed by atoms with Crippen LogP contribution in [-0.2, 0) is 11.3 Å². The lowest BCUT2D eigenvalue weighted by Crippen LogP contribution is -2.48. The van der Waals surface area contributed by atoms with E-state index < -0.39 is 0 Å². The van der Waals surface area contributed by atoms with E-state index in [1.807, 2.05) is 74.5 Å². The first-order chi connectivity index (χ1) is 12.5. The van der Waals surface area contributed by atoms with Gasteiger partial charge in [0.05, 0.1) is 6.04 Å². The zero-order valence-electron chi connectivity index (χ0n) is 15.3. The summed E-state index contributed by atoms with van der Waals surface area (Å²) in [5.41, 5.74) is 1.96. The minimum Gasteiger partial charge on any atom is -0.333 e. The Morgan fingerprint density at radius 1 is 1.12 bits per heavy atom. The van der Waals surface area contributed by atoms with Gasteiger partial charge in [0.15, 0.2) is 0 Å². The van der Waals surface area contributed by atoms with Crippen molar-refractivity contribution in [2.24, 2.45) is 0 Å². The number of rotatable bonds is 5. The monoisotopic (exact) mass is 351 g/mol. The van der Waals surface area contributed by atoms with E-state index in [0.29, 0.717) is 19.5 Å². The average molecular weight is 351 g/mol. The van der Waals surface area contributed by atoms with Crippen LogP contribution in [0, 0.1) is 0 Å². The Labute approximate surface area is 154 Å². The average Bonchev–Trinajstić information content (AvgIpc) is 3.01. The maximum Gasteiger partial charge on any atom is 0.318 e. The number of hydrogen-bond donors (Lipinski definition) is 1. The molecule has 5 nitrogen and oxygen atoms in total. The second-order valence-corrected chi connectivity index (χ2v) is 6.90. The summed E-state index contributed by atoms with van der Waals surface area (Å²) in [6, 6.07) is 19.3. The summed E-state index contributed by atoms with van der Waals surface area (Å²) in [6.45, 7) is 5.05. The molecule has 2 aromatic carbocycles. The van der Waals surface area contributed by atoms with Crippen LogP contribution in [0.3, 0.4) is 0 Å². The molecule has 1 heterocycles. The van der Waals surface area contributed by atoms with Crippen LogP contribution < -0.4 is 10.2 Å². The molecule has 1 fully saturated rings. The number of carbonyl (C=O) groups excluding carboxylic acids is 2. The Bertz CT molecular complexity index is 746. The van der Waals surface area contributed by atoms with Crippen LogP contribution in [-0.4, -0.2) is 35.5 Å². The van der Waals surface area contributed by atoms with Crippen LogP contribution in [0.2, 0.25) is 0 Å². The van der Waals surface area contributed by atoms with Gasteiger partial charge in [0.25, 0.3) is 0 Å². The predicted molar refractivity (Wildman–Crippen MR) is 103 cm³/mol. The number of benzene rings is 2. The van der Waals surface area contributed by atoms with Gasteiger partial charge in [0.1, 0.15) is 0 Å². The van der Waals surface area contributed by atoms with E-state index in [4.69, 9.17) is 0 Å². The van der Waals surface area contributed by atoms with Gasteiger partial charge in [-0.25, -0.2) is 4.79 Å². The van der Waals surface area contributed by atoms with Crippen LogP contribution in [0.25, 0.3) is 0 Å². The second-order valence-electron chi connectivity index (χ2n) is 6.90. The van der Waals surface area contributed by atoms with E-state index in [1.54, 1.807) is 9.80 Å². The molecule has 0 saturated carbocycles. The number of amides is 3. The summed E-state index contributed by atoms with van der Waals surface area (Å²) in [5.74, 6) is 0.0423. The van der Waals surface area contributed by atoms with Crippen molar-refractivity contribution in [1.82, 2.24) is 10.2 Å². The van der Waals surface area contributed by atoms with Gasteiger partial charge in [0, 0.05) is 31.2 Å². The smallest absolute Gasteiger partial charge is 0.318 e. The van der Waals surface area contributed by atoms with Gasteiger partial charge in [-0.05, 0) is 31.5 Å². The predicted octanol–water partition coefficient (Wildman–Crippen LogP) is 3.41. The number of hydrogen-bond acceptors (Lipinski definition) is 2. The largest absolute Gasteiger partial charge is 0.333 e. The molecule has 136 valence electrons. The molecule has 5 heteroatoms. The molecule has 1 unspecified atom stereocenters. The van der Waals surface area contributed by atoms with Gasteiger partial charge in [-0.15, -0.1) is 0 Å². The van der Waals surface area contributed by atoms with Crippen molar-refractivity contribution in [2.75, 3.05) is 11.4 Å². The number of urea groups is 1. The first-order valence-corrected chi connectivity index (χ1v) is 9.01. The van der Waals surface area contributed by atoms with Gasteiger partial charge >= 0.3 is 6.03 Å². The Hall–Kier alpha value is -2.82. The summed E-state index contributed by atoms with van der Waals surface area (Å²) in [7, 11) is 0. The molecule has 1 N–H and O–H groups in total. The summed E-state index contributed by atoms with van der Waals surface area (Å²) in [4.78, 5) is 28.6. The molecule has 0 spiro atoms. The SMILES string of the molecule is CC(C)N(Cc1ccccc1)C(=O)NC1CC(=O)N(c2ccccc2)C1. The number of nitrogens with one attached hydrogen (secondary N) is 1. The fourth-order valence-corrected chi connectivity index (χ4v) is 3.19. The highest BCUT2D eigenvalue weighted by Gasteiger charge is 2.32. The highest BCUT2D eigenvalue weighted by atomic mass is 16.2. The Balaban J connectivity index is 1.64. The minimum absolute atomic E-state index is 0.0423. The van der Waals surface area contributed by atoms with Crippen LogP contribution in [0.4, 0.5) is 10.5 Å². The summed E-state index contributed by atoms with van der Waals surface area (Å²) >= 11 is 0. The fourth-order valence-electron chi connectivity index (χ4n) is 3.19. The molecular weight excluding hydrogens is 326 g/mol. The normalized spacial score (nSPS) is 16.8. The second kappa shape index (κ2) is 8.04. The molecule has 0 bridgehead atoms. The molecule has 1 aliphatic rings. The standard InChI is InChI=1S/C21H25N3O2/c1-16(2)23(14-17-9-5-3-6-10-17)21(26)22-18-13-20(25)24(15-18)19-11-7-4-8-12-19/h3-12,16,18H,13-15H2,1-2H3,(H,22,26). The van der Waals surface area contributed by atoms with E-state index in [-0.39, 0.29) is 24.0 Å². The quantitative estimate of drug-likeness (QED) is 0.897. The number of anilines is 1. The summed E-state index contributed by atoms with van der Waals surface area (Å²) in [5, 5.41) is 3.04.